The molecular formula is C26H30N6O6S. The number of fused-ring (bicyclic) bond motifs is 1. The second-order valence-electron chi connectivity index (χ2n) is 9.48. The topological polar surface area (TPSA) is 156 Å². The van der Waals surface area contributed by atoms with Crippen LogP contribution in [-0.2, 0) is 35.5 Å². The van der Waals surface area contributed by atoms with Gasteiger partial charge in [-0.2, -0.15) is 14.7 Å². The zero-order valence-corrected chi connectivity index (χ0v) is 23.0. The molecule has 206 valence electrons. The molecule has 1 aliphatic heterocycles. The van der Waals surface area contributed by atoms with Gasteiger partial charge < -0.3 is 14.8 Å². The summed E-state index contributed by atoms with van der Waals surface area (Å²) in [6.07, 6.45) is 1.40. The number of esters is 1. The zero-order chi connectivity index (χ0) is 28.3. The van der Waals surface area contributed by atoms with E-state index in [4.69, 9.17) is 9.47 Å². The number of aryl methyl sites for hydroxylation is 2. The molecule has 2 atom stereocenters. The van der Waals surface area contributed by atoms with Crippen LogP contribution in [0.3, 0.4) is 0 Å². The fourth-order valence-electron chi connectivity index (χ4n) is 4.58. The monoisotopic (exact) mass is 554 g/mol. The van der Waals surface area contributed by atoms with E-state index in [1.54, 1.807) is 11.4 Å². The van der Waals surface area contributed by atoms with Crippen LogP contribution in [0, 0.1) is 25.2 Å². The number of hydrogen-bond donors (Lipinski definition) is 1. The maximum absolute atomic E-state index is 13.0. The van der Waals surface area contributed by atoms with Gasteiger partial charge in [0, 0.05) is 36.6 Å². The molecule has 1 fully saturated rings. The van der Waals surface area contributed by atoms with Crippen LogP contribution in [0.5, 0.6) is 0 Å². The summed E-state index contributed by atoms with van der Waals surface area (Å²) in [6, 6.07) is 7.88. The standard InChI is InChI=1S/C26H30N6O6S/c1-16-13-31(14-17(2)38-16)39(35,36)22-7-5-21(6-8-22)30-24(33)15-37-25(34)10-9-23-18(3)29-26-20(11-27)12-28-32(26)19(23)4/h5-8,12,16-17H,9-10,13-15H2,1-4H3,(H,30,33). The zero-order valence-electron chi connectivity index (χ0n) is 22.2. The molecule has 13 heteroatoms. The SMILES string of the molecule is Cc1nc2c(C#N)cnn2c(C)c1CCC(=O)OCC(=O)Nc1ccc(S(=O)(=O)N2CC(C)OC(C)C2)cc1. The van der Waals surface area contributed by atoms with E-state index in [2.05, 4.69) is 21.5 Å². The third-order valence-electron chi connectivity index (χ3n) is 6.43. The predicted molar refractivity (Wildman–Crippen MR) is 140 cm³/mol. The first kappa shape index (κ1) is 28.2. The minimum absolute atomic E-state index is 0.0276. The summed E-state index contributed by atoms with van der Waals surface area (Å²) in [7, 11) is -3.70. The highest BCUT2D eigenvalue weighted by Gasteiger charge is 2.32. The van der Waals surface area contributed by atoms with Crippen LogP contribution in [0.4, 0.5) is 5.69 Å². The van der Waals surface area contributed by atoms with Crippen LogP contribution in [0.15, 0.2) is 35.4 Å². The summed E-state index contributed by atoms with van der Waals surface area (Å²) in [4.78, 5) is 29.1. The number of benzene rings is 1. The molecular weight excluding hydrogens is 524 g/mol. The van der Waals surface area contributed by atoms with Gasteiger partial charge in [0.2, 0.25) is 10.0 Å². The maximum Gasteiger partial charge on any atom is 0.306 e. The van der Waals surface area contributed by atoms with E-state index >= 15 is 0 Å². The lowest BCUT2D eigenvalue weighted by molar-refractivity contribution is -0.147. The molecule has 12 nitrogen and oxygen atoms in total. The van der Waals surface area contributed by atoms with Gasteiger partial charge in [0.25, 0.3) is 5.91 Å². The number of nitriles is 1. The Bertz CT molecular complexity index is 1530. The van der Waals surface area contributed by atoms with Crippen molar-refractivity contribution in [2.45, 2.75) is 57.6 Å². The second-order valence-corrected chi connectivity index (χ2v) is 11.4. The van der Waals surface area contributed by atoms with Crippen molar-refractivity contribution in [1.82, 2.24) is 18.9 Å². The summed E-state index contributed by atoms with van der Waals surface area (Å²) in [5.74, 6) is -1.11. The van der Waals surface area contributed by atoms with Gasteiger partial charge in [-0.25, -0.2) is 17.9 Å². The minimum Gasteiger partial charge on any atom is -0.456 e. The van der Waals surface area contributed by atoms with Crippen LogP contribution in [0.2, 0.25) is 0 Å². The van der Waals surface area contributed by atoms with Crippen molar-refractivity contribution in [1.29, 1.82) is 5.26 Å². The van der Waals surface area contributed by atoms with Crippen molar-refractivity contribution in [2.24, 2.45) is 0 Å². The lowest BCUT2D eigenvalue weighted by Gasteiger charge is -2.34. The molecule has 1 aliphatic rings. The number of nitrogens with zero attached hydrogens (tertiary/aromatic N) is 5. The van der Waals surface area contributed by atoms with Crippen molar-refractivity contribution in [2.75, 3.05) is 25.0 Å². The molecule has 3 heterocycles. The third-order valence-corrected chi connectivity index (χ3v) is 8.28. The molecule has 0 radical (unpaired) electrons. The Balaban J connectivity index is 1.29. The molecule has 4 rings (SSSR count). The number of carbonyl (C=O) groups is 2. The van der Waals surface area contributed by atoms with Crippen LogP contribution >= 0.6 is 0 Å². The normalized spacial score (nSPS) is 18.0. The number of ether oxygens (including phenoxy) is 2. The van der Waals surface area contributed by atoms with Gasteiger partial charge in [0.15, 0.2) is 12.3 Å². The average Bonchev–Trinajstić information content (AvgIpc) is 3.30. The Labute approximate surface area is 226 Å². The molecule has 1 amide bonds. The highest BCUT2D eigenvalue weighted by Crippen LogP contribution is 2.23. The number of amides is 1. The quantitative estimate of drug-likeness (QED) is 0.412. The lowest BCUT2D eigenvalue weighted by atomic mass is 10.1. The molecule has 0 aliphatic carbocycles. The fraction of sp³-hybridized carbons (Fsp3) is 0.423. The van der Waals surface area contributed by atoms with Crippen molar-refractivity contribution in [3.8, 4) is 6.07 Å². The summed E-state index contributed by atoms with van der Waals surface area (Å²) >= 11 is 0. The Hall–Kier alpha value is -3.86. The van der Waals surface area contributed by atoms with E-state index < -0.39 is 28.5 Å². The van der Waals surface area contributed by atoms with E-state index in [0.29, 0.717) is 29.0 Å². The number of anilines is 1. The number of carbonyl (C=O) groups excluding carboxylic acids is 2. The van der Waals surface area contributed by atoms with E-state index in [1.165, 1.54) is 34.8 Å². The second kappa shape index (κ2) is 11.5. The first-order chi connectivity index (χ1) is 18.5. The van der Waals surface area contributed by atoms with Gasteiger partial charge in [0.1, 0.15) is 11.6 Å². The Kier molecular flexibility index (Phi) is 8.29. The lowest BCUT2D eigenvalue weighted by Crippen LogP contribution is -2.48. The minimum atomic E-state index is -3.70. The van der Waals surface area contributed by atoms with Gasteiger partial charge in [-0.1, -0.05) is 0 Å². The van der Waals surface area contributed by atoms with E-state index in [0.717, 1.165) is 11.3 Å². The van der Waals surface area contributed by atoms with Gasteiger partial charge in [0.05, 0.1) is 23.3 Å². The fourth-order valence-corrected chi connectivity index (χ4v) is 6.17. The smallest absolute Gasteiger partial charge is 0.306 e. The van der Waals surface area contributed by atoms with E-state index in [-0.39, 0.29) is 36.6 Å². The van der Waals surface area contributed by atoms with Gasteiger partial charge in [-0.3, -0.25) is 9.59 Å². The Morgan fingerprint density at radius 2 is 1.85 bits per heavy atom. The van der Waals surface area contributed by atoms with Crippen LogP contribution in [0.25, 0.3) is 5.65 Å². The van der Waals surface area contributed by atoms with Gasteiger partial charge in [-0.05, 0) is 63.9 Å². The first-order valence-corrected chi connectivity index (χ1v) is 13.9. The molecule has 0 saturated carbocycles. The molecule has 0 bridgehead atoms. The van der Waals surface area contributed by atoms with E-state index in [1.807, 2.05) is 20.8 Å². The molecule has 1 N–H and O–H groups in total. The third kappa shape index (κ3) is 6.25. The van der Waals surface area contributed by atoms with Crippen molar-refractivity contribution >= 4 is 33.2 Å². The van der Waals surface area contributed by atoms with Crippen LogP contribution in [0.1, 0.15) is 42.8 Å². The number of sulfonamides is 1. The number of nitrogens with one attached hydrogen (secondary N) is 1. The molecule has 2 unspecified atom stereocenters. The highest BCUT2D eigenvalue weighted by atomic mass is 32.2. The van der Waals surface area contributed by atoms with Gasteiger partial charge in [-0.15, -0.1) is 0 Å². The largest absolute Gasteiger partial charge is 0.456 e. The molecule has 0 spiro atoms. The first-order valence-electron chi connectivity index (χ1n) is 12.4. The van der Waals surface area contributed by atoms with E-state index in [9.17, 15) is 23.3 Å². The number of aromatic nitrogens is 3. The summed E-state index contributed by atoms with van der Waals surface area (Å²) in [5.41, 5.74) is 3.48. The average molecular weight is 555 g/mol. The number of morpholine rings is 1. The maximum atomic E-state index is 13.0. The molecule has 39 heavy (non-hydrogen) atoms. The van der Waals surface area contributed by atoms with Gasteiger partial charge >= 0.3 is 5.97 Å². The van der Waals surface area contributed by atoms with Crippen molar-refractivity contribution < 1.29 is 27.5 Å². The van der Waals surface area contributed by atoms with Crippen molar-refractivity contribution in [3.05, 3.63) is 53.0 Å². The number of hydrogen-bond acceptors (Lipinski definition) is 9. The van der Waals surface area contributed by atoms with Crippen molar-refractivity contribution in [3.63, 3.8) is 0 Å². The summed E-state index contributed by atoms with van der Waals surface area (Å²) < 4.78 is 39.6. The molecule has 1 aromatic carbocycles. The molecule has 1 saturated heterocycles. The summed E-state index contributed by atoms with van der Waals surface area (Å²) in [6.45, 7) is 7.35. The predicted octanol–water partition coefficient (Wildman–Crippen LogP) is 2.13. The van der Waals surface area contributed by atoms with Crippen LogP contribution in [-0.4, -0.2) is 71.1 Å². The Morgan fingerprint density at radius 1 is 1.18 bits per heavy atom. The number of rotatable bonds is 8. The summed E-state index contributed by atoms with van der Waals surface area (Å²) in [5, 5.41) is 16.0. The highest BCUT2D eigenvalue weighted by molar-refractivity contribution is 7.89. The molecule has 3 aromatic rings. The molecule has 2 aromatic heterocycles. The Morgan fingerprint density at radius 3 is 2.49 bits per heavy atom. The van der Waals surface area contributed by atoms with Crippen LogP contribution < -0.4 is 5.32 Å².